The lowest BCUT2D eigenvalue weighted by Crippen LogP contribution is -2.24. The van der Waals surface area contributed by atoms with Gasteiger partial charge in [-0.3, -0.25) is 4.79 Å². The topological polar surface area (TPSA) is 70.9 Å². The smallest absolute Gasteiger partial charge is 0.277 e. The number of hydrazone groups is 1. The molecule has 0 aromatic heterocycles. The van der Waals surface area contributed by atoms with E-state index < -0.39 is 0 Å². The molecule has 0 saturated heterocycles. The van der Waals surface area contributed by atoms with E-state index in [-0.39, 0.29) is 18.3 Å². The van der Waals surface area contributed by atoms with Gasteiger partial charge in [0.15, 0.2) is 6.61 Å². The third kappa shape index (κ3) is 5.43. The first kappa shape index (κ1) is 20.1. The number of amides is 1. The van der Waals surface area contributed by atoms with Crippen molar-refractivity contribution in [3.05, 3.63) is 81.2 Å². The number of phenolic OH excluding ortho intramolecular Hbond substituents is 1. The molecule has 2 N–H and O–H groups in total. The van der Waals surface area contributed by atoms with Gasteiger partial charge < -0.3 is 9.84 Å². The number of halogens is 2. The minimum Gasteiger partial charge on any atom is -0.507 e. The van der Waals surface area contributed by atoms with Gasteiger partial charge in [-0.25, -0.2) is 5.43 Å². The Morgan fingerprint density at radius 2 is 1.68 bits per heavy atom. The van der Waals surface area contributed by atoms with Gasteiger partial charge in [0.1, 0.15) is 11.5 Å². The summed E-state index contributed by atoms with van der Waals surface area (Å²) in [7, 11) is 0. The Kier molecular flexibility index (Phi) is 6.84. The summed E-state index contributed by atoms with van der Waals surface area (Å²) in [6, 6.07) is 20.8. The molecule has 0 aliphatic heterocycles. The lowest BCUT2D eigenvalue weighted by atomic mass is 10.1. The molecule has 3 rings (SSSR count). The molecule has 7 heteroatoms. The van der Waals surface area contributed by atoms with Gasteiger partial charge in [-0.2, -0.15) is 5.10 Å². The molecule has 0 saturated carbocycles. The highest BCUT2D eigenvalue weighted by atomic mass is 79.9. The van der Waals surface area contributed by atoms with E-state index in [4.69, 9.17) is 4.74 Å². The Hall–Kier alpha value is -2.64. The molecule has 0 aliphatic rings. The molecule has 0 heterocycles. The van der Waals surface area contributed by atoms with Crippen LogP contribution in [0.4, 0.5) is 0 Å². The zero-order valence-corrected chi connectivity index (χ0v) is 17.8. The molecule has 28 heavy (non-hydrogen) atoms. The van der Waals surface area contributed by atoms with Crippen LogP contribution in [0.2, 0.25) is 0 Å². The molecule has 3 aromatic rings. The van der Waals surface area contributed by atoms with Crippen molar-refractivity contribution in [2.75, 3.05) is 6.61 Å². The number of nitrogens with zero attached hydrogens (tertiary/aromatic N) is 1. The lowest BCUT2D eigenvalue weighted by molar-refractivity contribution is -0.123. The van der Waals surface area contributed by atoms with Crippen LogP contribution in [0, 0.1) is 0 Å². The maximum atomic E-state index is 11.9. The van der Waals surface area contributed by atoms with Crippen LogP contribution in [-0.4, -0.2) is 23.8 Å². The molecule has 0 bridgehead atoms. The van der Waals surface area contributed by atoms with E-state index in [1.54, 1.807) is 6.07 Å². The molecule has 0 fully saturated rings. The second-order valence-electron chi connectivity index (χ2n) is 5.80. The summed E-state index contributed by atoms with van der Waals surface area (Å²) in [6.07, 6.45) is 1.43. The molecular formula is C21H16Br2N2O3. The number of hydrogen-bond donors (Lipinski definition) is 2. The van der Waals surface area contributed by atoms with Gasteiger partial charge in [0.2, 0.25) is 0 Å². The molecule has 0 unspecified atom stereocenters. The van der Waals surface area contributed by atoms with Crippen molar-refractivity contribution < 1.29 is 14.6 Å². The number of nitrogens with one attached hydrogen (secondary N) is 1. The molecule has 3 aromatic carbocycles. The van der Waals surface area contributed by atoms with Crippen LogP contribution in [0.3, 0.4) is 0 Å². The minimum absolute atomic E-state index is 0.0817. The second-order valence-corrected chi connectivity index (χ2v) is 7.51. The number of hydrogen-bond acceptors (Lipinski definition) is 4. The number of rotatable bonds is 6. The van der Waals surface area contributed by atoms with Gasteiger partial charge in [-0.05, 0) is 51.3 Å². The monoisotopic (exact) mass is 502 g/mol. The van der Waals surface area contributed by atoms with Crippen LogP contribution in [-0.2, 0) is 4.79 Å². The Bertz CT molecular complexity index is 991. The lowest BCUT2D eigenvalue weighted by Gasteiger charge is -2.07. The third-order valence-electron chi connectivity index (χ3n) is 3.79. The first-order valence-electron chi connectivity index (χ1n) is 8.31. The highest BCUT2D eigenvalue weighted by Crippen LogP contribution is 2.29. The molecule has 0 atom stereocenters. The first-order chi connectivity index (χ1) is 13.5. The molecule has 5 nitrogen and oxygen atoms in total. The average Bonchev–Trinajstić information content (AvgIpc) is 2.71. The van der Waals surface area contributed by atoms with Crippen LogP contribution >= 0.6 is 31.9 Å². The van der Waals surface area contributed by atoms with Crippen LogP contribution in [0.25, 0.3) is 11.1 Å². The van der Waals surface area contributed by atoms with Crippen LogP contribution in [0.15, 0.2) is 80.8 Å². The Morgan fingerprint density at radius 1 is 1.00 bits per heavy atom. The fraction of sp³-hybridized carbons (Fsp3) is 0.0476. The molecule has 142 valence electrons. The highest BCUT2D eigenvalue weighted by molar-refractivity contribution is 9.11. The van der Waals surface area contributed by atoms with E-state index in [1.807, 2.05) is 54.6 Å². The van der Waals surface area contributed by atoms with Gasteiger partial charge in [-0.1, -0.05) is 58.4 Å². The summed E-state index contributed by atoms with van der Waals surface area (Å²) in [5.41, 5.74) is 5.21. The SMILES string of the molecule is O=C(COc1ccc(-c2ccccc2)cc1)N/N=C/c1cc(O)c(Br)cc1Br. The van der Waals surface area contributed by atoms with Crippen LogP contribution in [0.1, 0.15) is 5.56 Å². The summed E-state index contributed by atoms with van der Waals surface area (Å²) in [5, 5.41) is 13.6. The third-order valence-corrected chi connectivity index (χ3v) is 5.11. The number of phenols is 1. The van der Waals surface area contributed by atoms with Crippen molar-refractivity contribution in [2.24, 2.45) is 5.10 Å². The highest BCUT2D eigenvalue weighted by Gasteiger charge is 2.05. The molecule has 0 aliphatic carbocycles. The average molecular weight is 504 g/mol. The summed E-state index contributed by atoms with van der Waals surface area (Å²) in [6.45, 7) is -0.158. The van der Waals surface area contributed by atoms with E-state index in [1.165, 1.54) is 12.3 Å². The predicted octanol–water partition coefficient (Wildman–Crippen LogP) is 5.11. The van der Waals surface area contributed by atoms with Crippen molar-refractivity contribution in [2.45, 2.75) is 0 Å². The van der Waals surface area contributed by atoms with Gasteiger partial charge in [0.25, 0.3) is 5.91 Å². The summed E-state index contributed by atoms with van der Waals surface area (Å²) in [5.74, 6) is 0.290. The van der Waals surface area contributed by atoms with E-state index in [0.717, 1.165) is 15.6 Å². The van der Waals surface area contributed by atoms with Gasteiger partial charge in [0.05, 0.1) is 10.7 Å². The quantitative estimate of drug-likeness (QED) is 0.362. The van der Waals surface area contributed by atoms with Crippen molar-refractivity contribution in [3.8, 4) is 22.6 Å². The zero-order valence-electron chi connectivity index (χ0n) is 14.6. The summed E-state index contributed by atoms with van der Waals surface area (Å²) < 4.78 is 6.77. The van der Waals surface area contributed by atoms with Crippen molar-refractivity contribution >= 4 is 44.0 Å². The standard InChI is InChI=1S/C21H16Br2N2O3/c22-18-11-19(23)20(26)10-16(18)12-24-25-21(27)13-28-17-8-6-15(7-9-17)14-4-2-1-3-5-14/h1-12,26H,13H2,(H,25,27)/b24-12+. The Balaban J connectivity index is 1.51. The number of carbonyl (C=O) groups is 1. The largest absolute Gasteiger partial charge is 0.507 e. The van der Waals surface area contributed by atoms with Crippen molar-refractivity contribution in [1.82, 2.24) is 5.43 Å². The normalized spacial score (nSPS) is 10.8. The zero-order chi connectivity index (χ0) is 19.9. The van der Waals surface area contributed by atoms with Crippen molar-refractivity contribution in [3.63, 3.8) is 0 Å². The maximum Gasteiger partial charge on any atom is 0.277 e. The predicted molar refractivity (Wildman–Crippen MR) is 117 cm³/mol. The molecule has 0 spiro atoms. The van der Waals surface area contributed by atoms with Gasteiger partial charge in [-0.15, -0.1) is 0 Å². The number of benzene rings is 3. The Labute approximate surface area is 179 Å². The van der Waals surface area contributed by atoms with Crippen molar-refractivity contribution in [1.29, 1.82) is 0 Å². The van der Waals surface area contributed by atoms with E-state index in [0.29, 0.717) is 15.8 Å². The van der Waals surface area contributed by atoms with E-state index >= 15 is 0 Å². The second kappa shape index (κ2) is 9.52. The van der Waals surface area contributed by atoms with E-state index in [2.05, 4.69) is 42.4 Å². The number of aromatic hydroxyl groups is 1. The fourth-order valence-electron chi connectivity index (χ4n) is 2.38. The maximum absolute atomic E-state index is 11.9. The van der Waals surface area contributed by atoms with E-state index in [9.17, 15) is 9.90 Å². The number of ether oxygens (including phenoxy) is 1. The summed E-state index contributed by atoms with van der Waals surface area (Å²) in [4.78, 5) is 11.9. The summed E-state index contributed by atoms with van der Waals surface area (Å²) >= 11 is 6.58. The first-order valence-corrected chi connectivity index (χ1v) is 9.90. The van der Waals surface area contributed by atoms with Gasteiger partial charge in [0, 0.05) is 10.0 Å². The Morgan fingerprint density at radius 3 is 2.39 bits per heavy atom. The fourth-order valence-corrected chi connectivity index (χ4v) is 3.48. The van der Waals surface area contributed by atoms with Crippen LogP contribution < -0.4 is 10.2 Å². The molecular weight excluding hydrogens is 488 g/mol. The van der Waals surface area contributed by atoms with Gasteiger partial charge >= 0.3 is 0 Å². The number of carbonyl (C=O) groups excluding carboxylic acids is 1. The minimum atomic E-state index is -0.388. The molecule has 0 radical (unpaired) electrons. The van der Waals surface area contributed by atoms with Crippen LogP contribution in [0.5, 0.6) is 11.5 Å². The molecule has 1 amide bonds.